The van der Waals surface area contributed by atoms with Crippen LogP contribution in [0.2, 0.25) is 10.0 Å². The number of benzene rings is 1. The first-order valence-electron chi connectivity index (χ1n) is 10.3. The number of aromatic nitrogens is 2. The Balaban J connectivity index is 1.30. The van der Waals surface area contributed by atoms with Crippen LogP contribution in [0.1, 0.15) is 48.9 Å². The molecule has 0 unspecified atom stereocenters. The molecule has 6 rings (SSSR count). The predicted molar refractivity (Wildman–Crippen MR) is 119 cm³/mol. The number of amides is 1. The Morgan fingerprint density at radius 1 is 1.03 bits per heavy atom. The lowest BCUT2D eigenvalue weighted by Crippen LogP contribution is -2.55. The highest BCUT2D eigenvalue weighted by Crippen LogP contribution is 2.56. The predicted octanol–water partition coefficient (Wildman–Crippen LogP) is 4.50. The number of nitrogens with one attached hydrogen (secondary N) is 3. The third kappa shape index (κ3) is 3.65. The SMILES string of the molecule is Nc1c(NNC(=O)c2ccc(Cl)cc2Cl)ncnc1NC12CC3CC(CC(C3)C1)C2. The van der Waals surface area contributed by atoms with Gasteiger partial charge in [0.1, 0.15) is 12.0 Å². The van der Waals surface area contributed by atoms with Crippen molar-refractivity contribution < 1.29 is 4.79 Å². The van der Waals surface area contributed by atoms with Crippen molar-refractivity contribution in [1.29, 1.82) is 0 Å². The second-order valence-corrected chi connectivity index (χ2v) is 9.85. The van der Waals surface area contributed by atoms with E-state index in [0.717, 1.165) is 17.8 Å². The summed E-state index contributed by atoms with van der Waals surface area (Å²) in [4.78, 5) is 21.0. The van der Waals surface area contributed by atoms with Crippen LogP contribution in [0, 0.1) is 17.8 Å². The van der Waals surface area contributed by atoms with E-state index < -0.39 is 5.91 Å². The van der Waals surface area contributed by atoms with Crippen molar-refractivity contribution in [1.82, 2.24) is 15.4 Å². The van der Waals surface area contributed by atoms with Crippen molar-refractivity contribution in [3.05, 3.63) is 40.1 Å². The molecule has 30 heavy (non-hydrogen) atoms. The first kappa shape index (κ1) is 19.7. The summed E-state index contributed by atoms with van der Waals surface area (Å²) in [5.74, 6) is 2.99. The van der Waals surface area contributed by atoms with Crippen LogP contribution in [0.15, 0.2) is 24.5 Å². The molecule has 4 saturated carbocycles. The summed E-state index contributed by atoms with van der Waals surface area (Å²) in [6.07, 6.45) is 9.08. The number of nitrogens with two attached hydrogens (primary N) is 1. The Labute approximate surface area is 185 Å². The van der Waals surface area contributed by atoms with Gasteiger partial charge in [0.05, 0.1) is 10.6 Å². The zero-order valence-corrected chi connectivity index (χ0v) is 17.9. The number of carbonyl (C=O) groups is 1. The van der Waals surface area contributed by atoms with E-state index in [0.29, 0.717) is 27.9 Å². The molecule has 4 aliphatic carbocycles. The molecule has 1 amide bonds. The van der Waals surface area contributed by atoms with Gasteiger partial charge < -0.3 is 11.1 Å². The highest BCUT2D eigenvalue weighted by Gasteiger charge is 2.51. The first-order chi connectivity index (χ1) is 14.4. The van der Waals surface area contributed by atoms with E-state index >= 15 is 0 Å². The van der Waals surface area contributed by atoms with E-state index in [-0.39, 0.29) is 10.6 Å². The number of carbonyl (C=O) groups excluding carboxylic acids is 1. The number of rotatable bonds is 5. The summed E-state index contributed by atoms with van der Waals surface area (Å²) in [6, 6.07) is 4.69. The standard InChI is InChI=1S/C21H24Cl2N6O/c22-14-1-2-15(16(23)6-14)20(30)29-28-19-17(24)18(25-10-26-19)27-21-7-11-3-12(8-21)5-13(4-11)9-21/h1-2,6,10-13H,3-5,7-9,24H2,(H,29,30)(H2,25,26,27,28). The van der Waals surface area contributed by atoms with Crippen molar-refractivity contribution in [3.63, 3.8) is 0 Å². The molecule has 0 radical (unpaired) electrons. The number of hydrogen-bond donors (Lipinski definition) is 4. The number of hydrogen-bond acceptors (Lipinski definition) is 6. The van der Waals surface area contributed by atoms with Crippen molar-refractivity contribution in [2.45, 2.75) is 44.1 Å². The minimum Gasteiger partial charge on any atom is -0.393 e. The lowest BCUT2D eigenvalue weighted by molar-refractivity contribution is 0.0106. The molecular formula is C21H24Cl2N6O. The summed E-state index contributed by atoms with van der Waals surface area (Å²) in [6.45, 7) is 0. The van der Waals surface area contributed by atoms with Gasteiger partial charge in [0.25, 0.3) is 5.91 Å². The van der Waals surface area contributed by atoms with Gasteiger partial charge in [-0.25, -0.2) is 9.97 Å². The second kappa shape index (κ2) is 7.46. The van der Waals surface area contributed by atoms with Gasteiger partial charge in [-0.2, -0.15) is 0 Å². The van der Waals surface area contributed by atoms with Crippen LogP contribution in [0.5, 0.6) is 0 Å². The summed E-state index contributed by atoms with van der Waals surface area (Å²) in [5.41, 5.74) is 12.5. The zero-order chi connectivity index (χ0) is 20.9. The molecular weight excluding hydrogens is 423 g/mol. The molecule has 1 heterocycles. The van der Waals surface area contributed by atoms with Gasteiger partial charge in [0.2, 0.25) is 0 Å². The lowest BCUT2D eigenvalue weighted by atomic mass is 9.53. The molecule has 1 aromatic carbocycles. The molecule has 7 nitrogen and oxygen atoms in total. The zero-order valence-electron chi connectivity index (χ0n) is 16.4. The van der Waals surface area contributed by atoms with Gasteiger partial charge in [0, 0.05) is 10.6 Å². The Bertz CT molecular complexity index is 962. The third-order valence-corrected chi connectivity index (χ3v) is 7.32. The Kier molecular flexibility index (Phi) is 4.90. The molecule has 0 aliphatic heterocycles. The molecule has 0 spiro atoms. The lowest BCUT2D eigenvalue weighted by Gasteiger charge is -2.57. The molecule has 1 aromatic heterocycles. The maximum atomic E-state index is 12.4. The fraction of sp³-hybridized carbons (Fsp3) is 0.476. The summed E-state index contributed by atoms with van der Waals surface area (Å²) < 4.78 is 0. The molecule has 158 valence electrons. The van der Waals surface area contributed by atoms with Crippen LogP contribution in [-0.4, -0.2) is 21.4 Å². The molecule has 5 N–H and O–H groups in total. The molecule has 0 atom stereocenters. The van der Waals surface area contributed by atoms with Crippen LogP contribution in [0.25, 0.3) is 0 Å². The van der Waals surface area contributed by atoms with Crippen molar-refractivity contribution in [3.8, 4) is 0 Å². The average Bonchev–Trinajstić information content (AvgIpc) is 2.67. The Hall–Kier alpha value is -2.25. The molecule has 0 saturated heterocycles. The summed E-state index contributed by atoms with van der Waals surface area (Å²) in [5, 5.41) is 4.39. The highest BCUT2D eigenvalue weighted by molar-refractivity contribution is 6.36. The second-order valence-electron chi connectivity index (χ2n) is 9.01. The molecule has 2 aromatic rings. The van der Waals surface area contributed by atoms with Gasteiger partial charge in [-0.1, -0.05) is 23.2 Å². The normalized spacial score (nSPS) is 28.9. The van der Waals surface area contributed by atoms with E-state index in [4.69, 9.17) is 28.9 Å². The summed E-state index contributed by atoms with van der Waals surface area (Å²) >= 11 is 12.0. The van der Waals surface area contributed by atoms with Gasteiger partial charge in [-0.05, 0) is 74.5 Å². The Morgan fingerprint density at radius 2 is 1.67 bits per heavy atom. The van der Waals surface area contributed by atoms with E-state index in [2.05, 4.69) is 26.1 Å². The van der Waals surface area contributed by atoms with E-state index in [1.54, 1.807) is 12.1 Å². The summed E-state index contributed by atoms with van der Waals surface area (Å²) in [7, 11) is 0. The van der Waals surface area contributed by atoms with Gasteiger partial charge >= 0.3 is 0 Å². The minimum atomic E-state index is -0.412. The van der Waals surface area contributed by atoms with Gasteiger partial charge in [-0.15, -0.1) is 0 Å². The van der Waals surface area contributed by atoms with Gasteiger partial charge in [0.15, 0.2) is 11.6 Å². The average molecular weight is 447 g/mol. The highest BCUT2D eigenvalue weighted by atomic mass is 35.5. The molecule has 9 heteroatoms. The fourth-order valence-electron chi connectivity index (χ4n) is 5.97. The fourth-order valence-corrected chi connectivity index (χ4v) is 6.46. The monoisotopic (exact) mass is 446 g/mol. The maximum absolute atomic E-state index is 12.4. The van der Waals surface area contributed by atoms with Crippen molar-refractivity contribution >= 4 is 46.4 Å². The number of halogens is 2. The number of hydrazine groups is 1. The first-order valence-corrected chi connectivity index (χ1v) is 11.1. The molecule has 4 fully saturated rings. The van der Waals surface area contributed by atoms with Crippen LogP contribution in [0.4, 0.5) is 17.3 Å². The van der Waals surface area contributed by atoms with Crippen LogP contribution in [-0.2, 0) is 0 Å². The molecule has 4 aliphatic rings. The van der Waals surface area contributed by atoms with Crippen molar-refractivity contribution in [2.24, 2.45) is 17.8 Å². The van der Waals surface area contributed by atoms with Crippen molar-refractivity contribution in [2.75, 3.05) is 16.5 Å². The number of nitrogen functional groups attached to an aromatic ring is 1. The van der Waals surface area contributed by atoms with Crippen LogP contribution >= 0.6 is 23.2 Å². The largest absolute Gasteiger partial charge is 0.393 e. The van der Waals surface area contributed by atoms with Gasteiger partial charge in [-0.3, -0.25) is 15.6 Å². The van der Waals surface area contributed by atoms with E-state index in [1.807, 2.05) is 0 Å². The number of nitrogens with zero attached hydrogens (tertiary/aromatic N) is 2. The van der Waals surface area contributed by atoms with Crippen LogP contribution in [0.3, 0.4) is 0 Å². The smallest absolute Gasteiger partial charge is 0.271 e. The van der Waals surface area contributed by atoms with E-state index in [1.165, 1.54) is 50.9 Å². The van der Waals surface area contributed by atoms with E-state index in [9.17, 15) is 4.79 Å². The molecule has 4 bridgehead atoms. The number of anilines is 3. The van der Waals surface area contributed by atoms with Crippen LogP contribution < -0.4 is 21.9 Å². The Morgan fingerprint density at radius 3 is 2.30 bits per heavy atom. The topological polar surface area (TPSA) is 105 Å². The third-order valence-electron chi connectivity index (χ3n) is 6.78. The minimum absolute atomic E-state index is 0.0779. The maximum Gasteiger partial charge on any atom is 0.271 e. The quantitative estimate of drug-likeness (QED) is 0.503.